The van der Waals surface area contributed by atoms with Crippen LogP contribution in [0.2, 0.25) is 0 Å². The number of nitrogen functional groups attached to an aromatic ring is 1. The van der Waals surface area contributed by atoms with Crippen molar-refractivity contribution in [1.82, 2.24) is 4.90 Å². The second kappa shape index (κ2) is 6.69. The average molecular weight is 248 g/mol. The molecule has 2 N–H and O–H groups in total. The summed E-state index contributed by atoms with van der Waals surface area (Å²) >= 11 is 0. The van der Waals surface area contributed by atoms with Gasteiger partial charge >= 0.3 is 0 Å². The third-order valence-electron chi connectivity index (χ3n) is 2.51. The number of carbonyl (C=O) groups is 1. The summed E-state index contributed by atoms with van der Waals surface area (Å²) in [5, 5.41) is 0. The SMILES string of the molecule is C=CCN(CC)C(=O)c1cc(N)cc(OCC)c1. The highest BCUT2D eigenvalue weighted by atomic mass is 16.5. The van der Waals surface area contributed by atoms with Gasteiger partial charge in [-0.25, -0.2) is 0 Å². The number of nitrogens with two attached hydrogens (primary N) is 1. The van der Waals surface area contributed by atoms with Gasteiger partial charge in [-0.1, -0.05) is 6.08 Å². The molecule has 0 aliphatic heterocycles. The molecule has 98 valence electrons. The Morgan fingerprint density at radius 2 is 2.17 bits per heavy atom. The van der Waals surface area contributed by atoms with Gasteiger partial charge in [0.1, 0.15) is 5.75 Å². The van der Waals surface area contributed by atoms with Crippen LogP contribution in [0.5, 0.6) is 5.75 Å². The summed E-state index contributed by atoms with van der Waals surface area (Å²) in [6.07, 6.45) is 1.71. The lowest BCUT2D eigenvalue weighted by Gasteiger charge is -2.19. The summed E-state index contributed by atoms with van der Waals surface area (Å²) in [7, 11) is 0. The Morgan fingerprint density at radius 3 is 2.72 bits per heavy atom. The molecular weight excluding hydrogens is 228 g/mol. The van der Waals surface area contributed by atoms with Gasteiger partial charge < -0.3 is 15.4 Å². The van der Waals surface area contributed by atoms with Crippen LogP contribution in [-0.4, -0.2) is 30.5 Å². The largest absolute Gasteiger partial charge is 0.494 e. The zero-order valence-electron chi connectivity index (χ0n) is 11.0. The number of ether oxygens (including phenoxy) is 1. The number of rotatable bonds is 6. The highest BCUT2D eigenvalue weighted by Gasteiger charge is 2.14. The Hall–Kier alpha value is -1.97. The highest BCUT2D eigenvalue weighted by Crippen LogP contribution is 2.20. The quantitative estimate of drug-likeness (QED) is 0.621. The monoisotopic (exact) mass is 248 g/mol. The summed E-state index contributed by atoms with van der Waals surface area (Å²) in [5.41, 5.74) is 6.84. The van der Waals surface area contributed by atoms with E-state index in [9.17, 15) is 4.79 Å². The number of carbonyl (C=O) groups excluding carboxylic acids is 1. The summed E-state index contributed by atoms with van der Waals surface area (Å²) in [6.45, 7) is 9.16. The zero-order chi connectivity index (χ0) is 13.5. The third-order valence-corrected chi connectivity index (χ3v) is 2.51. The van der Waals surface area contributed by atoms with Crippen molar-refractivity contribution in [3.63, 3.8) is 0 Å². The van der Waals surface area contributed by atoms with Crippen molar-refractivity contribution in [3.8, 4) is 5.75 Å². The van der Waals surface area contributed by atoms with E-state index in [0.29, 0.717) is 36.7 Å². The molecule has 0 unspecified atom stereocenters. The minimum absolute atomic E-state index is 0.0642. The Labute approximate surface area is 108 Å². The van der Waals surface area contributed by atoms with E-state index in [2.05, 4.69) is 6.58 Å². The van der Waals surface area contributed by atoms with Crippen LogP contribution < -0.4 is 10.5 Å². The first kappa shape index (κ1) is 14.1. The molecule has 1 rings (SSSR count). The molecule has 4 nitrogen and oxygen atoms in total. The van der Waals surface area contributed by atoms with Gasteiger partial charge in [0.15, 0.2) is 0 Å². The van der Waals surface area contributed by atoms with Gasteiger partial charge in [-0.2, -0.15) is 0 Å². The minimum atomic E-state index is -0.0642. The number of anilines is 1. The van der Waals surface area contributed by atoms with E-state index in [4.69, 9.17) is 10.5 Å². The number of hydrogen-bond acceptors (Lipinski definition) is 3. The number of likely N-dealkylation sites (N-methyl/N-ethyl adjacent to an activating group) is 1. The van der Waals surface area contributed by atoms with E-state index in [-0.39, 0.29) is 5.91 Å². The Morgan fingerprint density at radius 1 is 1.44 bits per heavy atom. The molecule has 1 aromatic rings. The number of benzene rings is 1. The smallest absolute Gasteiger partial charge is 0.254 e. The molecule has 4 heteroatoms. The first-order chi connectivity index (χ1) is 8.62. The van der Waals surface area contributed by atoms with Crippen molar-refractivity contribution in [3.05, 3.63) is 36.4 Å². The van der Waals surface area contributed by atoms with E-state index in [1.165, 1.54) is 0 Å². The zero-order valence-corrected chi connectivity index (χ0v) is 11.0. The van der Waals surface area contributed by atoms with Crippen LogP contribution in [0.1, 0.15) is 24.2 Å². The first-order valence-electron chi connectivity index (χ1n) is 6.05. The lowest BCUT2D eigenvalue weighted by atomic mass is 10.1. The van der Waals surface area contributed by atoms with Crippen LogP contribution in [0.3, 0.4) is 0 Å². The number of hydrogen-bond donors (Lipinski definition) is 1. The van der Waals surface area contributed by atoms with Crippen molar-refractivity contribution >= 4 is 11.6 Å². The van der Waals surface area contributed by atoms with Gasteiger partial charge in [0.05, 0.1) is 6.61 Å². The van der Waals surface area contributed by atoms with Gasteiger partial charge in [-0.05, 0) is 26.0 Å². The van der Waals surface area contributed by atoms with Gasteiger partial charge in [0.2, 0.25) is 0 Å². The third kappa shape index (κ3) is 3.52. The molecule has 0 aliphatic rings. The topological polar surface area (TPSA) is 55.6 Å². The van der Waals surface area contributed by atoms with Crippen molar-refractivity contribution in [2.24, 2.45) is 0 Å². The van der Waals surface area contributed by atoms with Gasteiger partial charge in [-0.3, -0.25) is 4.79 Å². The lowest BCUT2D eigenvalue weighted by Crippen LogP contribution is -2.30. The molecule has 0 bridgehead atoms. The van der Waals surface area contributed by atoms with Crippen LogP contribution in [0, 0.1) is 0 Å². The lowest BCUT2D eigenvalue weighted by molar-refractivity contribution is 0.0781. The number of nitrogens with zero attached hydrogens (tertiary/aromatic N) is 1. The molecule has 0 spiro atoms. The molecular formula is C14H20N2O2. The Kier molecular flexibility index (Phi) is 5.24. The van der Waals surface area contributed by atoms with Crippen molar-refractivity contribution in [2.45, 2.75) is 13.8 Å². The molecule has 1 amide bonds. The predicted octanol–water partition coefficient (Wildman–Crippen LogP) is 2.32. The Bertz CT molecular complexity index is 430. The molecule has 0 atom stereocenters. The second-order valence-electron chi connectivity index (χ2n) is 3.86. The summed E-state index contributed by atoms with van der Waals surface area (Å²) in [5.74, 6) is 0.557. The molecule has 0 fully saturated rings. The fourth-order valence-electron chi connectivity index (χ4n) is 1.69. The Balaban J connectivity index is 3.00. The molecule has 0 radical (unpaired) electrons. The van der Waals surface area contributed by atoms with Crippen molar-refractivity contribution in [2.75, 3.05) is 25.4 Å². The standard InChI is InChI=1S/C14H20N2O2/c1-4-7-16(5-2)14(17)11-8-12(15)10-13(9-11)18-6-3/h4,8-10H,1,5-7,15H2,2-3H3. The molecule has 1 aromatic carbocycles. The van der Waals surface area contributed by atoms with E-state index < -0.39 is 0 Å². The predicted molar refractivity (Wildman–Crippen MR) is 73.8 cm³/mol. The van der Waals surface area contributed by atoms with Crippen LogP contribution in [0.4, 0.5) is 5.69 Å². The number of amides is 1. The summed E-state index contributed by atoms with van der Waals surface area (Å²) in [4.78, 5) is 13.9. The fourth-order valence-corrected chi connectivity index (χ4v) is 1.69. The van der Waals surface area contributed by atoms with Crippen molar-refractivity contribution in [1.29, 1.82) is 0 Å². The second-order valence-corrected chi connectivity index (χ2v) is 3.86. The van der Waals surface area contributed by atoms with Gasteiger partial charge in [0.25, 0.3) is 5.91 Å². The van der Waals surface area contributed by atoms with E-state index >= 15 is 0 Å². The van der Waals surface area contributed by atoms with Crippen LogP contribution in [0.15, 0.2) is 30.9 Å². The molecule has 0 aliphatic carbocycles. The van der Waals surface area contributed by atoms with Crippen molar-refractivity contribution < 1.29 is 9.53 Å². The maximum Gasteiger partial charge on any atom is 0.254 e. The van der Waals surface area contributed by atoms with E-state index in [0.717, 1.165) is 0 Å². The molecule has 0 aromatic heterocycles. The van der Waals surface area contributed by atoms with Crippen LogP contribution in [0.25, 0.3) is 0 Å². The average Bonchev–Trinajstić information content (AvgIpc) is 2.35. The summed E-state index contributed by atoms with van der Waals surface area (Å²) in [6, 6.07) is 5.09. The van der Waals surface area contributed by atoms with E-state index in [1.54, 1.807) is 29.2 Å². The molecule has 0 saturated heterocycles. The normalized spacial score (nSPS) is 9.89. The maximum atomic E-state index is 12.2. The molecule has 18 heavy (non-hydrogen) atoms. The van der Waals surface area contributed by atoms with Crippen LogP contribution >= 0.6 is 0 Å². The molecule has 0 heterocycles. The van der Waals surface area contributed by atoms with Gasteiger partial charge in [-0.15, -0.1) is 6.58 Å². The van der Waals surface area contributed by atoms with E-state index in [1.807, 2.05) is 13.8 Å². The first-order valence-corrected chi connectivity index (χ1v) is 6.05. The maximum absolute atomic E-state index is 12.2. The fraction of sp³-hybridized carbons (Fsp3) is 0.357. The molecule has 0 saturated carbocycles. The summed E-state index contributed by atoms with van der Waals surface area (Å²) < 4.78 is 5.38. The highest BCUT2D eigenvalue weighted by molar-refractivity contribution is 5.95. The van der Waals surface area contributed by atoms with Crippen LogP contribution in [-0.2, 0) is 0 Å². The minimum Gasteiger partial charge on any atom is -0.494 e. The van der Waals surface area contributed by atoms with Gasteiger partial charge in [0, 0.05) is 30.4 Å².